The fraction of sp³-hybridized carbons (Fsp3) is 0.211. The number of amides is 1. The summed E-state index contributed by atoms with van der Waals surface area (Å²) in [6.45, 7) is 5.71. The minimum atomic E-state index is -0.536. The molecule has 26 heavy (non-hydrogen) atoms. The van der Waals surface area contributed by atoms with Gasteiger partial charge in [0.2, 0.25) is 0 Å². The number of nitrogens with zero attached hydrogens (tertiary/aromatic N) is 3. The molecule has 1 amide bonds. The molecule has 0 saturated heterocycles. The second kappa shape index (κ2) is 7.26. The summed E-state index contributed by atoms with van der Waals surface area (Å²) in [5.74, 6) is -0.773. The topological polar surface area (TPSA) is 94.1 Å². The van der Waals surface area contributed by atoms with Gasteiger partial charge in [0.1, 0.15) is 11.4 Å². The van der Waals surface area contributed by atoms with Crippen LogP contribution in [0.2, 0.25) is 0 Å². The van der Waals surface area contributed by atoms with Crippen molar-refractivity contribution in [3.05, 3.63) is 59.0 Å². The first-order chi connectivity index (χ1) is 12.5. The number of fused-ring (bicyclic) bond motifs is 1. The first kappa shape index (κ1) is 17.5. The van der Waals surface area contributed by atoms with Crippen LogP contribution < -0.4 is 5.32 Å². The van der Waals surface area contributed by atoms with Crippen LogP contribution in [0.15, 0.2) is 36.5 Å². The van der Waals surface area contributed by atoms with Crippen molar-refractivity contribution in [1.29, 1.82) is 0 Å². The fourth-order valence-electron chi connectivity index (χ4n) is 2.43. The highest BCUT2D eigenvalue weighted by Gasteiger charge is 2.16. The van der Waals surface area contributed by atoms with Gasteiger partial charge in [0.25, 0.3) is 5.91 Å². The number of aryl methyl sites for hydroxylation is 2. The maximum atomic E-state index is 12.6. The number of hydrogen-bond donors (Lipinski definition) is 1. The van der Waals surface area contributed by atoms with Crippen molar-refractivity contribution in [3.8, 4) is 0 Å². The minimum Gasteiger partial charge on any atom is -0.462 e. The average Bonchev–Trinajstić information content (AvgIpc) is 2.63. The molecule has 0 aliphatic heterocycles. The highest BCUT2D eigenvalue weighted by Crippen LogP contribution is 2.17. The van der Waals surface area contributed by atoms with Crippen LogP contribution in [0.1, 0.15) is 39.0 Å². The third-order valence-corrected chi connectivity index (χ3v) is 3.87. The van der Waals surface area contributed by atoms with Gasteiger partial charge in [-0.15, -0.1) is 0 Å². The predicted molar refractivity (Wildman–Crippen MR) is 97.2 cm³/mol. The number of ether oxygens (including phenoxy) is 1. The summed E-state index contributed by atoms with van der Waals surface area (Å²) >= 11 is 0. The highest BCUT2D eigenvalue weighted by molar-refractivity contribution is 6.08. The lowest BCUT2D eigenvalue weighted by molar-refractivity contribution is 0.0527. The van der Waals surface area contributed by atoms with Gasteiger partial charge < -0.3 is 10.1 Å². The van der Waals surface area contributed by atoms with Crippen LogP contribution >= 0.6 is 0 Å². The van der Waals surface area contributed by atoms with E-state index in [1.54, 1.807) is 37.3 Å². The van der Waals surface area contributed by atoms with Gasteiger partial charge >= 0.3 is 5.97 Å². The zero-order chi connectivity index (χ0) is 18.7. The number of anilines is 1. The Bertz CT molecular complexity index is 1000. The molecule has 0 radical (unpaired) electrons. The summed E-state index contributed by atoms with van der Waals surface area (Å²) in [4.78, 5) is 37.6. The van der Waals surface area contributed by atoms with Crippen LogP contribution in [0, 0.1) is 13.8 Å². The van der Waals surface area contributed by atoms with Crippen molar-refractivity contribution in [1.82, 2.24) is 15.0 Å². The number of carbonyl (C=O) groups is 2. The Morgan fingerprint density at radius 1 is 1.08 bits per heavy atom. The zero-order valence-corrected chi connectivity index (χ0v) is 14.7. The van der Waals surface area contributed by atoms with Gasteiger partial charge in [0, 0.05) is 11.8 Å². The summed E-state index contributed by atoms with van der Waals surface area (Å²) in [5, 5.41) is 2.66. The molecule has 132 valence electrons. The molecular formula is C19H18N4O3. The summed E-state index contributed by atoms with van der Waals surface area (Å²) in [6.07, 6.45) is 1.50. The first-order valence-corrected chi connectivity index (χ1v) is 8.18. The summed E-state index contributed by atoms with van der Waals surface area (Å²) in [5.41, 5.74) is 3.61. The molecule has 0 atom stereocenters. The summed E-state index contributed by atoms with van der Waals surface area (Å²) in [6, 6.07) is 8.23. The number of carbonyl (C=O) groups excluding carboxylic acids is 2. The Hall–Kier alpha value is -3.35. The molecule has 2 heterocycles. The maximum Gasteiger partial charge on any atom is 0.341 e. The number of esters is 1. The van der Waals surface area contributed by atoms with E-state index in [0.717, 1.165) is 16.9 Å². The van der Waals surface area contributed by atoms with Crippen molar-refractivity contribution in [3.63, 3.8) is 0 Å². The van der Waals surface area contributed by atoms with Crippen molar-refractivity contribution in [2.24, 2.45) is 0 Å². The van der Waals surface area contributed by atoms with E-state index in [9.17, 15) is 9.59 Å². The number of aromatic nitrogens is 3. The van der Waals surface area contributed by atoms with Crippen molar-refractivity contribution < 1.29 is 14.3 Å². The molecule has 1 aromatic carbocycles. The molecule has 0 bridgehead atoms. The monoisotopic (exact) mass is 350 g/mol. The standard InChI is InChI=1S/C19H18N4O3/c1-4-26-19(25)14-6-5-9-20-17(14)23-18(24)13-7-8-15-16(10-13)22-12(3)11(2)21-15/h5-10H,4H2,1-3H3,(H,20,23,24). The van der Waals surface area contributed by atoms with Crippen LogP contribution in [0.5, 0.6) is 0 Å². The molecule has 2 aromatic heterocycles. The molecule has 0 fully saturated rings. The number of rotatable bonds is 4. The van der Waals surface area contributed by atoms with Crippen molar-refractivity contribution >= 4 is 28.7 Å². The molecule has 0 saturated carbocycles. The predicted octanol–water partition coefficient (Wildman–Crippen LogP) is 3.07. The van der Waals surface area contributed by atoms with Gasteiger partial charge in [-0.05, 0) is 51.1 Å². The number of hydrogen-bond acceptors (Lipinski definition) is 6. The van der Waals surface area contributed by atoms with Crippen LogP contribution in [-0.2, 0) is 4.74 Å². The number of benzene rings is 1. The van der Waals surface area contributed by atoms with Gasteiger partial charge in [-0.25, -0.2) is 19.7 Å². The van der Waals surface area contributed by atoms with E-state index in [0.29, 0.717) is 11.1 Å². The Morgan fingerprint density at radius 2 is 1.81 bits per heavy atom. The van der Waals surface area contributed by atoms with E-state index in [1.807, 2.05) is 13.8 Å². The van der Waals surface area contributed by atoms with Crippen molar-refractivity contribution in [2.75, 3.05) is 11.9 Å². The first-order valence-electron chi connectivity index (χ1n) is 8.18. The van der Waals surface area contributed by atoms with Gasteiger partial charge in [-0.3, -0.25) is 4.79 Å². The lowest BCUT2D eigenvalue weighted by Crippen LogP contribution is -2.17. The SMILES string of the molecule is CCOC(=O)c1cccnc1NC(=O)c1ccc2nc(C)c(C)nc2c1. The molecule has 3 aromatic rings. The molecule has 7 heteroatoms. The second-order valence-corrected chi connectivity index (χ2v) is 5.67. The van der Waals surface area contributed by atoms with Gasteiger partial charge in [-0.1, -0.05) is 0 Å². The quantitative estimate of drug-likeness (QED) is 0.727. The van der Waals surface area contributed by atoms with E-state index < -0.39 is 11.9 Å². The molecule has 7 nitrogen and oxygen atoms in total. The normalized spacial score (nSPS) is 10.6. The zero-order valence-electron chi connectivity index (χ0n) is 14.7. The van der Waals surface area contributed by atoms with E-state index in [1.165, 1.54) is 6.20 Å². The van der Waals surface area contributed by atoms with Gasteiger partial charge in [-0.2, -0.15) is 0 Å². The fourth-order valence-corrected chi connectivity index (χ4v) is 2.43. The van der Waals surface area contributed by atoms with E-state index in [-0.39, 0.29) is 18.0 Å². The smallest absolute Gasteiger partial charge is 0.341 e. The lowest BCUT2D eigenvalue weighted by atomic mass is 10.1. The Labute approximate surface area is 150 Å². The Kier molecular flexibility index (Phi) is 4.88. The van der Waals surface area contributed by atoms with Crippen LogP contribution in [0.3, 0.4) is 0 Å². The summed E-state index contributed by atoms with van der Waals surface area (Å²) < 4.78 is 4.99. The van der Waals surface area contributed by atoms with E-state index in [4.69, 9.17) is 4.74 Å². The number of pyridine rings is 1. The molecule has 3 rings (SSSR count). The van der Waals surface area contributed by atoms with E-state index >= 15 is 0 Å². The molecule has 0 aliphatic rings. The molecule has 0 aliphatic carbocycles. The molecule has 1 N–H and O–H groups in total. The second-order valence-electron chi connectivity index (χ2n) is 5.67. The van der Waals surface area contributed by atoms with Crippen LogP contribution in [-0.4, -0.2) is 33.4 Å². The molecular weight excluding hydrogens is 332 g/mol. The third kappa shape index (κ3) is 3.51. The third-order valence-electron chi connectivity index (χ3n) is 3.87. The lowest BCUT2D eigenvalue weighted by Gasteiger charge is -2.10. The highest BCUT2D eigenvalue weighted by atomic mass is 16.5. The average molecular weight is 350 g/mol. The number of nitrogens with one attached hydrogen (secondary N) is 1. The maximum absolute atomic E-state index is 12.6. The molecule has 0 spiro atoms. The largest absolute Gasteiger partial charge is 0.462 e. The van der Waals surface area contributed by atoms with Crippen LogP contribution in [0.4, 0.5) is 5.82 Å². The Morgan fingerprint density at radius 3 is 2.54 bits per heavy atom. The van der Waals surface area contributed by atoms with Gasteiger partial charge in [0.15, 0.2) is 0 Å². The van der Waals surface area contributed by atoms with Crippen LogP contribution in [0.25, 0.3) is 11.0 Å². The van der Waals surface area contributed by atoms with Gasteiger partial charge in [0.05, 0.1) is 29.0 Å². The van der Waals surface area contributed by atoms with Crippen molar-refractivity contribution in [2.45, 2.75) is 20.8 Å². The minimum absolute atomic E-state index is 0.155. The van der Waals surface area contributed by atoms with E-state index in [2.05, 4.69) is 20.3 Å². The Balaban J connectivity index is 1.90. The molecule has 0 unspecified atom stereocenters. The summed E-state index contributed by atoms with van der Waals surface area (Å²) in [7, 11) is 0.